The van der Waals surface area contributed by atoms with Gasteiger partial charge < -0.3 is 15.4 Å². The molecule has 0 aromatic heterocycles. The number of esters is 1. The second-order valence-corrected chi connectivity index (χ2v) is 8.66. The molecule has 0 atom stereocenters. The highest BCUT2D eigenvalue weighted by atomic mass is 16.5. The van der Waals surface area contributed by atoms with Crippen LogP contribution in [0.4, 0.5) is 11.4 Å². The number of carbonyl (C=O) groups is 4. The van der Waals surface area contributed by atoms with Crippen molar-refractivity contribution in [1.82, 2.24) is 5.32 Å². The third-order valence-electron chi connectivity index (χ3n) is 6.16. The standard InChI is InChI=1S/C25H27N3O5/c1-16-11-17(2)13-18(12-16)23(31)26-14-22(30)33-15-21(29)28-20-8-4-3-7-19(20)27-24(32)25(28)9-5-6-10-25/h3-4,7-8,11-13H,5-6,9-10,14-15H2,1-2H3,(H,26,31)(H,27,32). The number of carbonyl (C=O) groups excluding carboxylic acids is 4. The van der Waals surface area contributed by atoms with Crippen LogP contribution in [-0.4, -0.2) is 42.4 Å². The first-order valence-corrected chi connectivity index (χ1v) is 11.1. The van der Waals surface area contributed by atoms with Crippen LogP contribution in [0.3, 0.4) is 0 Å². The number of aryl methyl sites for hydroxylation is 2. The number of nitrogens with one attached hydrogen (secondary N) is 2. The van der Waals surface area contributed by atoms with Crippen LogP contribution in [0.1, 0.15) is 47.2 Å². The molecule has 172 valence electrons. The van der Waals surface area contributed by atoms with E-state index in [0.717, 1.165) is 24.0 Å². The van der Waals surface area contributed by atoms with Gasteiger partial charge in [-0.15, -0.1) is 0 Å². The van der Waals surface area contributed by atoms with Crippen molar-refractivity contribution in [3.8, 4) is 0 Å². The number of hydrogen-bond donors (Lipinski definition) is 2. The SMILES string of the molecule is Cc1cc(C)cc(C(=O)NCC(=O)OCC(=O)N2c3ccccc3NC(=O)C23CCCC3)c1. The molecule has 8 heteroatoms. The second-order valence-electron chi connectivity index (χ2n) is 8.66. The fraction of sp³-hybridized carbons (Fsp3) is 0.360. The van der Waals surface area contributed by atoms with Gasteiger partial charge in [0, 0.05) is 5.56 Å². The highest BCUT2D eigenvalue weighted by Crippen LogP contribution is 2.45. The van der Waals surface area contributed by atoms with Gasteiger partial charge in [0.15, 0.2) is 6.61 Å². The fourth-order valence-electron chi connectivity index (χ4n) is 4.75. The van der Waals surface area contributed by atoms with Gasteiger partial charge in [0.05, 0.1) is 11.4 Å². The van der Waals surface area contributed by atoms with Crippen molar-refractivity contribution in [1.29, 1.82) is 0 Å². The summed E-state index contributed by atoms with van der Waals surface area (Å²) < 4.78 is 5.17. The van der Waals surface area contributed by atoms with E-state index in [-0.39, 0.29) is 12.5 Å². The van der Waals surface area contributed by atoms with Gasteiger partial charge in [-0.05, 0) is 51.0 Å². The van der Waals surface area contributed by atoms with Crippen LogP contribution in [0, 0.1) is 13.8 Å². The third kappa shape index (κ3) is 4.46. The lowest BCUT2D eigenvalue weighted by atomic mass is 9.90. The van der Waals surface area contributed by atoms with Gasteiger partial charge in [0.2, 0.25) is 0 Å². The normalized spacial score (nSPS) is 16.2. The number of amides is 3. The summed E-state index contributed by atoms with van der Waals surface area (Å²) in [4.78, 5) is 52.2. The van der Waals surface area contributed by atoms with E-state index in [4.69, 9.17) is 4.74 Å². The molecule has 2 aliphatic rings. The van der Waals surface area contributed by atoms with Crippen LogP contribution in [-0.2, 0) is 19.1 Å². The van der Waals surface area contributed by atoms with E-state index in [1.807, 2.05) is 19.9 Å². The zero-order valence-electron chi connectivity index (χ0n) is 18.8. The minimum Gasteiger partial charge on any atom is -0.454 e. The number of ether oxygens (including phenoxy) is 1. The van der Waals surface area contributed by atoms with Crippen molar-refractivity contribution in [3.63, 3.8) is 0 Å². The van der Waals surface area contributed by atoms with Gasteiger partial charge in [-0.25, -0.2) is 0 Å². The molecule has 0 saturated heterocycles. The predicted molar refractivity (Wildman–Crippen MR) is 123 cm³/mol. The number of nitrogens with zero attached hydrogens (tertiary/aromatic N) is 1. The Labute approximate surface area is 192 Å². The number of para-hydroxylation sites is 2. The average molecular weight is 450 g/mol. The van der Waals surface area contributed by atoms with E-state index in [0.29, 0.717) is 29.8 Å². The lowest BCUT2D eigenvalue weighted by Gasteiger charge is -2.44. The Morgan fingerprint density at radius 3 is 2.42 bits per heavy atom. The van der Waals surface area contributed by atoms with E-state index < -0.39 is 29.9 Å². The Bertz CT molecular complexity index is 1100. The number of benzene rings is 2. The van der Waals surface area contributed by atoms with Gasteiger partial charge in [-0.3, -0.25) is 24.1 Å². The maximum absolute atomic E-state index is 13.2. The van der Waals surface area contributed by atoms with Gasteiger partial charge in [-0.1, -0.05) is 42.2 Å². The summed E-state index contributed by atoms with van der Waals surface area (Å²) in [5.41, 5.74) is 2.54. The molecule has 0 bridgehead atoms. The molecule has 4 rings (SSSR count). The van der Waals surface area contributed by atoms with Crippen molar-refractivity contribution < 1.29 is 23.9 Å². The quantitative estimate of drug-likeness (QED) is 0.683. The number of fused-ring (bicyclic) bond motifs is 1. The Morgan fingerprint density at radius 2 is 1.73 bits per heavy atom. The molecule has 1 aliphatic heterocycles. The van der Waals surface area contributed by atoms with E-state index in [1.165, 1.54) is 4.90 Å². The Morgan fingerprint density at radius 1 is 1.06 bits per heavy atom. The molecule has 2 N–H and O–H groups in total. The van der Waals surface area contributed by atoms with E-state index in [1.54, 1.807) is 36.4 Å². The number of anilines is 2. The Balaban J connectivity index is 1.40. The first-order chi connectivity index (χ1) is 15.8. The molecule has 2 aromatic carbocycles. The molecule has 1 fully saturated rings. The monoisotopic (exact) mass is 449 g/mol. The average Bonchev–Trinajstić information content (AvgIpc) is 3.26. The van der Waals surface area contributed by atoms with Crippen LogP contribution < -0.4 is 15.5 Å². The summed E-state index contributed by atoms with van der Waals surface area (Å²) in [5, 5.41) is 5.44. The maximum atomic E-state index is 13.2. The van der Waals surface area contributed by atoms with Crippen molar-refractivity contribution in [2.75, 3.05) is 23.4 Å². The molecule has 0 unspecified atom stereocenters. The van der Waals surface area contributed by atoms with E-state index in [9.17, 15) is 19.2 Å². The van der Waals surface area contributed by atoms with Crippen LogP contribution >= 0.6 is 0 Å². The summed E-state index contributed by atoms with van der Waals surface area (Å²) in [6.45, 7) is 2.91. The van der Waals surface area contributed by atoms with Gasteiger partial charge in [0.25, 0.3) is 17.7 Å². The van der Waals surface area contributed by atoms with Crippen molar-refractivity contribution in [2.45, 2.75) is 45.1 Å². The third-order valence-corrected chi connectivity index (χ3v) is 6.16. The predicted octanol–water partition coefficient (Wildman–Crippen LogP) is 2.87. The highest BCUT2D eigenvalue weighted by Gasteiger charge is 2.52. The van der Waals surface area contributed by atoms with Crippen LogP contribution in [0.5, 0.6) is 0 Å². The summed E-state index contributed by atoms with van der Waals surface area (Å²) >= 11 is 0. The summed E-state index contributed by atoms with van der Waals surface area (Å²) in [6.07, 6.45) is 2.78. The first-order valence-electron chi connectivity index (χ1n) is 11.1. The summed E-state index contributed by atoms with van der Waals surface area (Å²) in [7, 11) is 0. The van der Waals surface area contributed by atoms with E-state index in [2.05, 4.69) is 10.6 Å². The summed E-state index contributed by atoms with van der Waals surface area (Å²) in [5.74, 6) is -1.79. The van der Waals surface area contributed by atoms with Gasteiger partial charge >= 0.3 is 5.97 Å². The number of hydrogen-bond acceptors (Lipinski definition) is 5. The zero-order chi connectivity index (χ0) is 23.6. The lowest BCUT2D eigenvalue weighted by Crippen LogP contribution is -2.61. The Hall–Kier alpha value is -3.68. The number of rotatable bonds is 5. The largest absolute Gasteiger partial charge is 0.454 e. The first kappa shape index (κ1) is 22.5. The molecule has 1 aliphatic carbocycles. The van der Waals surface area contributed by atoms with Crippen LogP contribution in [0.25, 0.3) is 0 Å². The molecule has 2 aromatic rings. The highest BCUT2D eigenvalue weighted by molar-refractivity contribution is 6.15. The maximum Gasteiger partial charge on any atom is 0.325 e. The molecule has 1 heterocycles. The van der Waals surface area contributed by atoms with Crippen LogP contribution in [0.2, 0.25) is 0 Å². The van der Waals surface area contributed by atoms with Crippen molar-refractivity contribution in [2.24, 2.45) is 0 Å². The molecule has 1 saturated carbocycles. The van der Waals surface area contributed by atoms with Gasteiger partial charge in [0.1, 0.15) is 12.1 Å². The van der Waals surface area contributed by atoms with Crippen LogP contribution in [0.15, 0.2) is 42.5 Å². The topological polar surface area (TPSA) is 105 Å². The molecule has 0 radical (unpaired) electrons. The lowest BCUT2D eigenvalue weighted by molar-refractivity contribution is -0.147. The minimum atomic E-state index is -0.963. The molecular weight excluding hydrogens is 422 g/mol. The molecule has 3 amide bonds. The molecule has 33 heavy (non-hydrogen) atoms. The molecule has 8 nitrogen and oxygen atoms in total. The summed E-state index contributed by atoms with van der Waals surface area (Å²) in [6, 6.07) is 12.5. The molecular formula is C25H27N3O5. The van der Waals surface area contributed by atoms with Crippen molar-refractivity contribution >= 4 is 35.1 Å². The van der Waals surface area contributed by atoms with Crippen molar-refractivity contribution in [3.05, 3.63) is 59.2 Å². The molecule has 1 spiro atoms. The Kier molecular flexibility index (Phi) is 6.18. The minimum absolute atomic E-state index is 0.209. The van der Waals surface area contributed by atoms with E-state index >= 15 is 0 Å². The second kappa shape index (κ2) is 9.05. The fourth-order valence-corrected chi connectivity index (χ4v) is 4.75. The zero-order valence-corrected chi connectivity index (χ0v) is 18.8. The smallest absolute Gasteiger partial charge is 0.325 e. The van der Waals surface area contributed by atoms with Gasteiger partial charge in [-0.2, -0.15) is 0 Å².